The molecule has 3 amide bonds. The molecular weight excluding hydrogens is 378 g/mol. The molecule has 0 spiro atoms. The summed E-state index contributed by atoms with van der Waals surface area (Å²) in [7, 11) is 0. The Morgan fingerprint density at radius 3 is 2.68 bits per heavy atom. The fourth-order valence-electron chi connectivity index (χ4n) is 3.31. The fraction of sp³-hybridized carbons (Fsp3) is 0.286. The van der Waals surface area contributed by atoms with Crippen molar-refractivity contribution in [1.29, 1.82) is 0 Å². The minimum absolute atomic E-state index is 0.128. The number of hydrogen-bond donors (Lipinski definition) is 2. The molecule has 1 aliphatic heterocycles. The Bertz CT molecular complexity index is 900. The number of hydrogen-bond acceptors (Lipinski definition) is 3. The van der Waals surface area contributed by atoms with Crippen molar-refractivity contribution in [3.05, 3.63) is 64.7 Å². The van der Waals surface area contributed by atoms with Gasteiger partial charge in [-0.1, -0.05) is 29.8 Å². The molecule has 0 aromatic heterocycles. The lowest BCUT2D eigenvalue weighted by Crippen LogP contribution is -2.45. The molecule has 146 valence electrons. The van der Waals surface area contributed by atoms with Crippen LogP contribution in [0.4, 0.5) is 5.69 Å². The second-order valence-electron chi connectivity index (χ2n) is 6.57. The second-order valence-corrected chi connectivity index (χ2v) is 6.97. The standard InChI is InChI=1S/C21H22ClN3O3/c1-2-23-20(27)18-11-6-12-25(18)21(28)14-7-5-8-15(13-14)24-19(26)16-9-3-4-10-17(16)22/h3-5,7-10,13,18H,2,6,11-12H2,1H3,(H,23,27)(H,24,26). The van der Waals surface area contributed by atoms with Gasteiger partial charge in [-0.15, -0.1) is 0 Å². The van der Waals surface area contributed by atoms with E-state index in [9.17, 15) is 14.4 Å². The molecule has 1 heterocycles. The van der Waals surface area contributed by atoms with Crippen LogP contribution in [0, 0.1) is 0 Å². The normalized spacial score (nSPS) is 15.9. The van der Waals surface area contributed by atoms with Gasteiger partial charge in [0.15, 0.2) is 0 Å². The van der Waals surface area contributed by atoms with Crippen LogP contribution in [-0.2, 0) is 4.79 Å². The van der Waals surface area contributed by atoms with Gasteiger partial charge in [-0.25, -0.2) is 0 Å². The van der Waals surface area contributed by atoms with Crippen molar-refractivity contribution >= 4 is 35.0 Å². The number of amides is 3. The zero-order valence-corrected chi connectivity index (χ0v) is 16.3. The Hall–Kier alpha value is -2.86. The van der Waals surface area contributed by atoms with Crippen LogP contribution in [0.15, 0.2) is 48.5 Å². The minimum Gasteiger partial charge on any atom is -0.355 e. The molecule has 0 radical (unpaired) electrons. The highest BCUT2D eigenvalue weighted by molar-refractivity contribution is 6.34. The quantitative estimate of drug-likeness (QED) is 0.809. The molecule has 7 heteroatoms. The van der Waals surface area contributed by atoms with Crippen molar-refractivity contribution in [1.82, 2.24) is 10.2 Å². The summed E-state index contributed by atoms with van der Waals surface area (Å²) >= 11 is 6.07. The number of likely N-dealkylation sites (tertiary alicyclic amines) is 1. The largest absolute Gasteiger partial charge is 0.355 e. The topological polar surface area (TPSA) is 78.5 Å². The molecule has 0 aliphatic carbocycles. The highest BCUT2D eigenvalue weighted by Gasteiger charge is 2.34. The molecule has 2 aromatic carbocycles. The lowest BCUT2D eigenvalue weighted by Gasteiger charge is -2.24. The average Bonchev–Trinajstić information content (AvgIpc) is 3.18. The van der Waals surface area contributed by atoms with Crippen LogP contribution in [0.1, 0.15) is 40.5 Å². The van der Waals surface area contributed by atoms with Crippen LogP contribution in [0.3, 0.4) is 0 Å². The molecule has 1 atom stereocenters. The van der Waals surface area contributed by atoms with Gasteiger partial charge in [0, 0.05) is 24.3 Å². The summed E-state index contributed by atoms with van der Waals surface area (Å²) in [6.07, 6.45) is 1.44. The summed E-state index contributed by atoms with van der Waals surface area (Å²) in [6, 6.07) is 13.0. The van der Waals surface area contributed by atoms with Crippen LogP contribution >= 0.6 is 11.6 Å². The van der Waals surface area contributed by atoms with Crippen LogP contribution in [-0.4, -0.2) is 41.8 Å². The number of benzene rings is 2. The van der Waals surface area contributed by atoms with Crippen molar-refractivity contribution in [2.45, 2.75) is 25.8 Å². The van der Waals surface area contributed by atoms with Gasteiger partial charge in [-0.05, 0) is 50.1 Å². The van der Waals surface area contributed by atoms with E-state index in [1.54, 1.807) is 53.4 Å². The fourth-order valence-corrected chi connectivity index (χ4v) is 3.54. The van der Waals surface area contributed by atoms with Gasteiger partial charge >= 0.3 is 0 Å². The number of halogens is 1. The number of carbonyl (C=O) groups is 3. The summed E-state index contributed by atoms with van der Waals surface area (Å²) in [5, 5.41) is 5.90. The molecule has 1 unspecified atom stereocenters. The predicted octanol–water partition coefficient (Wildman–Crippen LogP) is 3.33. The molecule has 2 N–H and O–H groups in total. The first-order valence-electron chi connectivity index (χ1n) is 9.26. The molecule has 0 saturated carbocycles. The minimum atomic E-state index is -0.450. The molecule has 28 heavy (non-hydrogen) atoms. The maximum absolute atomic E-state index is 12.9. The van der Waals surface area contributed by atoms with Crippen LogP contribution in [0.5, 0.6) is 0 Å². The Morgan fingerprint density at radius 2 is 1.93 bits per heavy atom. The third-order valence-electron chi connectivity index (χ3n) is 4.65. The first-order valence-corrected chi connectivity index (χ1v) is 9.63. The van der Waals surface area contributed by atoms with Gasteiger partial charge in [0.2, 0.25) is 5.91 Å². The second kappa shape index (κ2) is 8.89. The Kier molecular flexibility index (Phi) is 6.31. The summed E-state index contributed by atoms with van der Waals surface area (Å²) in [5.41, 5.74) is 1.27. The first-order chi connectivity index (χ1) is 13.5. The number of carbonyl (C=O) groups excluding carboxylic acids is 3. The molecule has 0 bridgehead atoms. The van der Waals surface area contributed by atoms with Crippen molar-refractivity contribution in [2.24, 2.45) is 0 Å². The van der Waals surface area contributed by atoms with Crippen molar-refractivity contribution < 1.29 is 14.4 Å². The maximum atomic E-state index is 12.9. The van der Waals surface area contributed by atoms with E-state index in [2.05, 4.69) is 10.6 Å². The third kappa shape index (κ3) is 4.34. The van der Waals surface area contributed by atoms with Gasteiger partial charge in [0.25, 0.3) is 11.8 Å². The lowest BCUT2D eigenvalue weighted by atomic mass is 10.1. The van der Waals surface area contributed by atoms with Crippen LogP contribution in [0.25, 0.3) is 0 Å². The SMILES string of the molecule is CCNC(=O)C1CCCN1C(=O)c1cccc(NC(=O)c2ccccc2Cl)c1. The van der Waals surface area contributed by atoms with Crippen molar-refractivity contribution in [2.75, 3.05) is 18.4 Å². The van der Waals surface area contributed by atoms with Gasteiger partial charge < -0.3 is 15.5 Å². The number of rotatable bonds is 5. The molecule has 6 nitrogen and oxygen atoms in total. The number of anilines is 1. The van der Waals surface area contributed by atoms with Gasteiger partial charge in [0.1, 0.15) is 6.04 Å². The van der Waals surface area contributed by atoms with E-state index in [1.165, 1.54) is 0 Å². The molecule has 1 aliphatic rings. The van der Waals surface area contributed by atoms with Crippen molar-refractivity contribution in [3.8, 4) is 0 Å². The Labute approximate surface area is 168 Å². The van der Waals surface area contributed by atoms with E-state index >= 15 is 0 Å². The van der Waals surface area contributed by atoms with E-state index in [-0.39, 0.29) is 17.7 Å². The van der Waals surface area contributed by atoms with E-state index in [0.29, 0.717) is 41.3 Å². The van der Waals surface area contributed by atoms with Crippen LogP contribution in [0.2, 0.25) is 5.02 Å². The van der Waals surface area contributed by atoms with Gasteiger partial charge in [-0.2, -0.15) is 0 Å². The summed E-state index contributed by atoms with van der Waals surface area (Å²) in [4.78, 5) is 39.2. The van der Waals surface area contributed by atoms with Gasteiger partial charge in [-0.3, -0.25) is 14.4 Å². The van der Waals surface area contributed by atoms with E-state index in [4.69, 9.17) is 11.6 Å². The van der Waals surface area contributed by atoms with E-state index in [0.717, 1.165) is 6.42 Å². The van der Waals surface area contributed by atoms with E-state index < -0.39 is 6.04 Å². The van der Waals surface area contributed by atoms with Crippen molar-refractivity contribution in [3.63, 3.8) is 0 Å². The molecular formula is C21H22ClN3O3. The highest BCUT2D eigenvalue weighted by atomic mass is 35.5. The average molecular weight is 400 g/mol. The lowest BCUT2D eigenvalue weighted by molar-refractivity contribution is -0.124. The highest BCUT2D eigenvalue weighted by Crippen LogP contribution is 2.22. The monoisotopic (exact) mass is 399 g/mol. The maximum Gasteiger partial charge on any atom is 0.257 e. The summed E-state index contributed by atoms with van der Waals surface area (Å²) < 4.78 is 0. The van der Waals surface area contributed by atoms with E-state index in [1.807, 2.05) is 6.92 Å². The third-order valence-corrected chi connectivity index (χ3v) is 4.98. The van der Waals surface area contributed by atoms with Crippen LogP contribution < -0.4 is 10.6 Å². The number of nitrogens with one attached hydrogen (secondary N) is 2. The Balaban J connectivity index is 1.75. The molecule has 1 fully saturated rings. The molecule has 1 saturated heterocycles. The molecule has 2 aromatic rings. The molecule has 3 rings (SSSR count). The Morgan fingerprint density at radius 1 is 1.14 bits per heavy atom. The summed E-state index contributed by atoms with van der Waals surface area (Å²) in [6.45, 7) is 2.92. The number of likely N-dealkylation sites (N-methyl/N-ethyl adjacent to an activating group) is 1. The zero-order chi connectivity index (χ0) is 20.1. The van der Waals surface area contributed by atoms with Gasteiger partial charge in [0.05, 0.1) is 10.6 Å². The first kappa shape index (κ1) is 19.9. The zero-order valence-electron chi connectivity index (χ0n) is 15.6. The number of nitrogens with zero attached hydrogens (tertiary/aromatic N) is 1. The summed E-state index contributed by atoms with van der Waals surface area (Å²) in [5.74, 6) is -0.698. The smallest absolute Gasteiger partial charge is 0.257 e. The predicted molar refractivity (Wildman–Crippen MR) is 109 cm³/mol.